The van der Waals surface area contributed by atoms with E-state index in [0.29, 0.717) is 19.4 Å². The van der Waals surface area contributed by atoms with Crippen LogP contribution in [0.3, 0.4) is 0 Å². The van der Waals surface area contributed by atoms with Crippen LogP contribution in [0.15, 0.2) is 12.2 Å². The zero-order valence-electron chi connectivity index (χ0n) is 20.3. The maximum Gasteiger partial charge on any atom is 0.328 e. The van der Waals surface area contributed by atoms with Crippen LogP contribution in [-0.2, 0) is 14.3 Å². The predicted molar refractivity (Wildman–Crippen MR) is 130 cm³/mol. The quantitative estimate of drug-likeness (QED) is 0.116. The van der Waals surface area contributed by atoms with Crippen LogP contribution in [0.2, 0.25) is 0 Å². The Hall–Kier alpha value is -1.32. The van der Waals surface area contributed by atoms with Crippen molar-refractivity contribution in [3.63, 3.8) is 0 Å². The molecule has 1 atom stereocenters. The average molecular weight is 436 g/mol. The molecule has 1 aliphatic heterocycles. The van der Waals surface area contributed by atoms with Crippen LogP contribution < -0.4 is 5.32 Å². The number of amides is 1. The summed E-state index contributed by atoms with van der Waals surface area (Å²) in [5, 5.41) is 2.63. The first-order valence-corrected chi connectivity index (χ1v) is 13.3. The summed E-state index contributed by atoms with van der Waals surface area (Å²) in [7, 11) is 0. The van der Waals surface area contributed by atoms with Gasteiger partial charge in [-0.3, -0.25) is 4.79 Å². The molecule has 0 saturated carbocycles. The molecule has 4 nitrogen and oxygen atoms in total. The Morgan fingerprint density at radius 3 is 1.74 bits per heavy atom. The van der Waals surface area contributed by atoms with Gasteiger partial charge in [-0.15, -0.1) is 0 Å². The third kappa shape index (κ3) is 17.0. The number of carbonyl (C=O) groups excluding carboxylic acids is 2. The lowest BCUT2D eigenvalue weighted by molar-refractivity contribution is -0.145. The summed E-state index contributed by atoms with van der Waals surface area (Å²) < 4.78 is 5.17. The topological polar surface area (TPSA) is 55.4 Å². The van der Waals surface area contributed by atoms with Crippen LogP contribution in [-0.4, -0.2) is 24.5 Å². The Morgan fingerprint density at radius 2 is 1.29 bits per heavy atom. The van der Waals surface area contributed by atoms with Crippen LogP contribution in [0.4, 0.5) is 0 Å². The van der Waals surface area contributed by atoms with Gasteiger partial charge in [-0.2, -0.15) is 0 Å². The lowest BCUT2D eigenvalue weighted by atomic mass is 10.0. The molecule has 0 unspecified atom stereocenters. The summed E-state index contributed by atoms with van der Waals surface area (Å²) in [5.41, 5.74) is 0. The number of allylic oxidation sites excluding steroid dienone is 1. The second-order valence-corrected chi connectivity index (χ2v) is 9.21. The maximum atomic E-state index is 11.7. The molecule has 1 fully saturated rings. The van der Waals surface area contributed by atoms with Crippen molar-refractivity contribution in [3.8, 4) is 0 Å². The van der Waals surface area contributed by atoms with Crippen LogP contribution in [0.5, 0.6) is 0 Å². The van der Waals surface area contributed by atoms with Crippen LogP contribution in [0.1, 0.15) is 135 Å². The fourth-order valence-electron chi connectivity index (χ4n) is 4.19. The number of rotatable bonds is 21. The van der Waals surface area contributed by atoms with Gasteiger partial charge in [0.1, 0.15) is 12.6 Å². The molecule has 0 aromatic carbocycles. The van der Waals surface area contributed by atoms with E-state index in [-0.39, 0.29) is 11.9 Å². The molecule has 1 rings (SSSR count). The Labute approximate surface area is 192 Å². The Balaban J connectivity index is 1.73. The molecule has 1 N–H and O–H groups in total. The van der Waals surface area contributed by atoms with Gasteiger partial charge in [0.25, 0.3) is 0 Å². The van der Waals surface area contributed by atoms with E-state index in [4.69, 9.17) is 4.74 Å². The molecular formula is C27H49NO3. The van der Waals surface area contributed by atoms with Gasteiger partial charge in [0.15, 0.2) is 0 Å². The smallest absolute Gasteiger partial charge is 0.328 e. The highest BCUT2D eigenvalue weighted by atomic mass is 16.5. The Morgan fingerprint density at radius 1 is 0.806 bits per heavy atom. The van der Waals surface area contributed by atoms with Gasteiger partial charge in [-0.25, -0.2) is 4.79 Å². The van der Waals surface area contributed by atoms with E-state index < -0.39 is 6.04 Å². The fourth-order valence-corrected chi connectivity index (χ4v) is 4.19. The second-order valence-electron chi connectivity index (χ2n) is 9.21. The molecule has 0 bridgehead atoms. The minimum atomic E-state index is -0.439. The van der Waals surface area contributed by atoms with E-state index in [0.717, 1.165) is 6.42 Å². The highest BCUT2D eigenvalue weighted by Crippen LogP contribution is 2.14. The number of carbonyl (C=O) groups is 2. The fraction of sp³-hybridized carbons (Fsp3) is 0.852. The summed E-state index contributed by atoms with van der Waals surface area (Å²) in [4.78, 5) is 22.8. The molecule has 0 radical (unpaired) electrons. The molecular weight excluding hydrogens is 386 g/mol. The molecule has 4 heteroatoms. The number of ether oxygens (including phenoxy) is 1. The van der Waals surface area contributed by atoms with Crippen molar-refractivity contribution in [2.45, 2.75) is 141 Å². The highest BCUT2D eigenvalue weighted by molar-refractivity contribution is 5.88. The van der Waals surface area contributed by atoms with Crippen LogP contribution in [0.25, 0.3) is 0 Å². The molecule has 1 saturated heterocycles. The molecule has 0 aliphatic carbocycles. The standard InChI is InChI=1S/C27H49NO3/c1-2-3-4-5-6-7-8-9-10-11-12-13-14-15-16-17-18-19-20-21-24-31-27(30)25-22-23-26(29)28-25/h20-21,25H,2-19,22-24H2,1H3,(H,28,29)/b21-20+/t25-/m0/s1. The average Bonchev–Trinajstić information content (AvgIpc) is 3.21. The number of nitrogens with one attached hydrogen (secondary N) is 1. The van der Waals surface area contributed by atoms with Crippen molar-refractivity contribution in [1.82, 2.24) is 5.32 Å². The van der Waals surface area contributed by atoms with E-state index in [2.05, 4.69) is 18.3 Å². The van der Waals surface area contributed by atoms with Gasteiger partial charge in [-0.1, -0.05) is 122 Å². The number of hydrogen-bond donors (Lipinski definition) is 1. The van der Waals surface area contributed by atoms with Crippen LogP contribution in [0, 0.1) is 0 Å². The monoisotopic (exact) mass is 435 g/mol. The van der Waals surface area contributed by atoms with Gasteiger partial charge in [0.2, 0.25) is 5.91 Å². The molecule has 31 heavy (non-hydrogen) atoms. The lowest BCUT2D eigenvalue weighted by Gasteiger charge is -2.08. The van der Waals surface area contributed by atoms with Gasteiger partial charge in [0.05, 0.1) is 0 Å². The van der Waals surface area contributed by atoms with Gasteiger partial charge < -0.3 is 10.1 Å². The molecule has 180 valence electrons. The number of unbranched alkanes of at least 4 members (excludes halogenated alkanes) is 17. The minimum absolute atomic E-state index is 0.0590. The summed E-state index contributed by atoms with van der Waals surface area (Å²) in [5.74, 6) is -0.371. The number of hydrogen-bond acceptors (Lipinski definition) is 3. The van der Waals surface area contributed by atoms with E-state index in [1.165, 1.54) is 109 Å². The molecule has 0 aromatic heterocycles. The first-order valence-electron chi connectivity index (χ1n) is 13.3. The predicted octanol–water partition coefficient (Wildman–Crippen LogP) is 7.41. The largest absolute Gasteiger partial charge is 0.460 e. The van der Waals surface area contributed by atoms with Crippen molar-refractivity contribution >= 4 is 11.9 Å². The summed E-state index contributed by atoms with van der Waals surface area (Å²) in [6.07, 6.45) is 29.8. The van der Waals surface area contributed by atoms with E-state index >= 15 is 0 Å². The molecule has 1 heterocycles. The first kappa shape index (κ1) is 27.7. The van der Waals surface area contributed by atoms with Crippen molar-refractivity contribution in [2.24, 2.45) is 0 Å². The minimum Gasteiger partial charge on any atom is -0.460 e. The van der Waals surface area contributed by atoms with Crippen molar-refractivity contribution in [1.29, 1.82) is 0 Å². The first-order chi connectivity index (χ1) is 15.2. The van der Waals surface area contributed by atoms with Gasteiger partial charge >= 0.3 is 5.97 Å². The zero-order chi connectivity index (χ0) is 22.4. The van der Waals surface area contributed by atoms with E-state index in [1.807, 2.05) is 6.08 Å². The number of esters is 1. The van der Waals surface area contributed by atoms with Crippen molar-refractivity contribution < 1.29 is 14.3 Å². The van der Waals surface area contributed by atoms with Crippen molar-refractivity contribution in [2.75, 3.05) is 6.61 Å². The Kier molecular flexibility index (Phi) is 18.4. The summed E-state index contributed by atoms with van der Waals surface area (Å²) >= 11 is 0. The molecule has 1 aliphatic rings. The lowest BCUT2D eigenvalue weighted by Crippen LogP contribution is -2.34. The SMILES string of the molecule is CCCCCCCCCCCCCCCCCCC/C=C/COC(=O)[C@@H]1CCC(=O)N1. The molecule has 1 amide bonds. The molecule has 0 spiro atoms. The summed E-state index contributed by atoms with van der Waals surface area (Å²) in [6.45, 7) is 2.59. The van der Waals surface area contributed by atoms with E-state index in [9.17, 15) is 9.59 Å². The van der Waals surface area contributed by atoms with Gasteiger partial charge in [0, 0.05) is 6.42 Å². The zero-order valence-corrected chi connectivity index (χ0v) is 20.3. The van der Waals surface area contributed by atoms with Gasteiger partial charge in [-0.05, 0) is 19.3 Å². The third-order valence-corrected chi connectivity index (χ3v) is 6.24. The molecule has 0 aromatic rings. The normalized spacial score (nSPS) is 16.2. The second kappa shape index (κ2) is 20.6. The summed E-state index contributed by atoms with van der Waals surface area (Å²) in [6, 6.07) is -0.439. The third-order valence-electron chi connectivity index (χ3n) is 6.24. The van der Waals surface area contributed by atoms with Crippen molar-refractivity contribution in [3.05, 3.63) is 12.2 Å². The van der Waals surface area contributed by atoms with Crippen LogP contribution >= 0.6 is 0 Å². The maximum absolute atomic E-state index is 11.7. The highest BCUT2D eigenvalue weighted by Gasteiger charge is 2.28. The van der Waals surface area contributed by atoms with E-state index in [1.54, 1.807) is 0 Å². The Bertz CT molecular complexity index is 475.